The second-order valence-corrected chi connectivity index (χ2v) is 4.96. The monoisotopic (exact) mass is 242 g/mol. The van der Waals surface area contributed by atoms with Crippen molar-refractivity contribution in [1.82, 2.24) is 4.57 Å². The highest BCUT2D eigenvalue weighted by atomic mass is 15.0. The molecule has 0 saturated heterocycles. The Bertz CT molecular complexity index is 457. The SMILES string of the molecule is CC(N)Cc1cccn1CCCc1ccccc1. The number of aryl methyl sites for hydroxylation is 2. The first kappa shape index (κ1) is 12.9. The fourth-order valence-electron chi connectivity index (χ4n) is 2.28. The third-order valence-corrected chi connectivity index (χ3v) is 3.16. The molecule has 0 aliphatic rings. The van der Waals surface area contributed by atoms with Crippen molar-refractivity contribution in [1.29, 1.82) is 0 Å². The van der Waals surface area contributed by atoms with Crippen LogP contribution in [0.15, 0.2) is 48.7 Å². The van der Waals surface area contributed by atoms with Crippen LogP contribution in [0, 0.1) is 0 Å². The van der Waals surface area contributed by atoms with E-state index >= 15 is 0 Å². The molecule has 0 bridgehead atoms. The zero-order valence-electron chi connectivity index (χ0n) is 11.0. The maximum Gasteiger partial charge on any atom is 0.0225 e. The number of hydrogen-bond donors (Lipinski definition) is 1. The first-order valence-electron chi connectivity index (χ1n) is 6.69. The van der Waals surface area contributed by atoms with E-state index in [1.807, 2.05) is 0 Å². The molecule has 0 aliphatic carbocycles. The van der Waals surface area contributed by atoms with Crippen molar-refractivity contribution in [3.63, 3.8) is 0 Å². The van der Waals surface area contributed by atoms with Crippen LogP contribution in [-0.2, 0) is 19.4 Å². The molecule has 2 heteroatoms. The maximum absolute atomic E-state index is 5.86. The second-order valence-electron chi connectivity index (χ2n) is 4.96. The molecule has 2 rings (SSSR count). The van der Waals surface area contributed by atoms with E-state index in [1.165, 1.54) is 17.7 Å². The van der Waals surface area contributed by atoms with E-state index in [9.17, 15) is 0 Å². The first-order valence-corrected chi connectivity index (χ1v) is 6.69. The summed E-state index contributed by atoms with van der Waals surface area (Å²) in [6.45, 7) is 3.13. The molecule has 1 atom stereocenters. The molecule has 0 aliphatic heterocycles. The summed E-state index contributed by atoms with van der Waals surface area (Å²) >= 11 is 0. The minimum absolute atomic E-state index is 0.229. The van der Waals surface area contributed by atoms with E-state index in [2.05, 4.69) is 60.2 Å². The predicted octanol–water partition coefficient (Wildman–Crippen LogP) is 3.01. The van der Waals surface area contributed by atoms with Crippen LogP contribution in [-0.4, -0.2) is 10.6 Å². The summed E-state index contributed by atoms with van der Waals surface area (Å²) in [7, 11) is 0. The van der Waals surface area contributed by atoms with Crippen molar-refractivity contribution in [2.45, 2.75) is 38.8 Å². The summed E-state index contributed by atoms with van der Waals surface area (Å²) in [6, 6.07) is 15.2. The van der Waals surface area contributed by atoms with Gasteiger partial charge >= 0.3 is 0 Å². The second kappa shape index (κ2) is 6.41. The van der Waals surface area contributed by atoms with Gasteiger partial charge in [0.25, 0.3) is 0 Å². The molecule has 18 heavy (non-hydrogen) atoms. The topological polar surface area (TPSA) is 30.9 Å². The van der Waals surface area contributed by atoms with Crippen LogP contribution < -0.4 is 5.73 Å². The fourth-order valence-corrected chi connectivity index (χ4v) is 2.28. The van der Waals surface area contributed by atoms with Gasteiger partial charge in [-0.2, -0.15) is 0 Å². The van der Waals surface area contributed by atoms with E-state index in [4.69, 9.17) is 5.73 Å². The lowest BCUT2D eigenvalue weighted by atomic mass is 10.1. The predicted molar refractivity (Wildman–Crippen MR) is 76.5 cm³/mol. The van der Waals surface area contributed by atoms with Crippen molar-refractivity contribution < 1.29 is 0 Å². The standard InChI is InChI=1S/C16H22N2/c1-14(17)13-16-10-6-12-18(16)11-5-9-15-7-3-2-4-8-15/h2-4,6-8,10,12,14H,5,9,11,13,17H2,1H3. The van der Waals surface area contributed by atoms with Gasteiger partial charge in [0.1, 0.15) is 0 Å². The molecular weight excluding hydrogens is 220 g/mol. The van der Waals surface area contributed by atoms with Gasteiger partial charge in [-0.3, -0.25) is 0 Å². The van der Waals surface area contributed by atoms with Crippen molar-refractivity contribution in [3.8, 4) is 0 Å². The van der Waals surface area contributed by atoms with Crippen LogP contribution in [0.1, 0.15) is 24.6 Å². The van der Waals surface area contributed by atoms with E-state index in [0.717, 1.165) is 19.4 Å². The lowest BCUT2D eigenvalue weighted by Crippen LogP contribution is -2.20. The van der Waals surface area contributed by atoms with E-state index < -0.39 is 0 Å². The highest BCUT2D eigenvalue weighted by molar-refractivity contribution is 5.14. The van der Waals surface area contributed by atoms with Gasteiger partial charge in [0.15, 0.2) is 0 Å². The van der Waals surface area contributed by atoms with Gasteiger partial charge in [-0.05, 0) is 37.5 Å². The summed E-state index contributed by atoms with van der Waals surface area (Å²) in [4.78, 5) is 0. The average Bonchev–Trinajstić information content (AvgIpc) is 2.77. The third-order valence-electron chi connectivity index (χ3n) is 3.16. The number of aromatic nitrogens is 1. The normalized spacial score (nSPS) is 12.6. The van der Waals surface area contributed by atoms with E-state index in [-0.39, 0.29) is 6.04 Å². The summed E-state index contributed by atoms with van der Waals surface area (Å²) in [6.07, 6.45) is 5.42. The molecule has 1 aromatic heterocycles. The molecule has 0 radical (unpaired) electrons. The number of benzene rings is 1. The molecule has 2 aromatic rings. The zero-order chi connectivity index (χ0) is 12.8. The molecule has 0 spiro atoms. The van der Waals surface area contributed by atoms with Crippen LogP contribution in [0.4, 0.5) is 0 Å². The largest absolute Gasteiger partial charge is 0.351 e. The van der Waals surface area contributed by atoms with Crippen LogP contribution in [0.2, 0.25) is 0 Å². The maximum atomic E-state index is 5.86. The molecule has 96 valence electrons. The van der Waals surface area contributed by atoms with Gasteiger partial charge in [-0.1, -0.05) is 30.3 Å². The van der Waals surface area contributed by atoms with Crippen LogP contribution >= 0.6 is 0 Å². The van der Waals surface area contributed by atoms with Gasteiger partial charge in [0.2, 0.25) is 0 Å². The molecule has 0 fully saturated rings. The van der Waals surface area contributed by atoms with Crippen molar-refractivity contribution in [2.75, 3.05) is 0 Å². The number of nitrogens with two attached hydrogens (primary N) is 1. The van der Waals surface area contributed by atoms with E-state index in [0.29, 0.717) is 0 Å². The molecule has 1 aromatic carbocycles. The molecule has 1 heterocycles. The molecule has 2 N–H and O–H groups in total. The number of hydrogen-bond acceptors (Lipinski definition) is 1. The van der Waals surface area contributed by atoms with Crippen molar-refractivity contribution >= 4 is 0 Å². The summed E-state index contributed by atoms with van der Waals surface area (Å²) in [5.74, 6) is 0. The van der Waals surface area contributed by atoms with E-state index in [1.54, 1.807) is 0 Å². The number of nitrogens with zero attached hydrogens (tertiary/aromatic N) is 1. The Balaban J connectivity index is 1.85. The fraction of sp³-hybridized carbons (Fsp3) is 0.375. The third kappa shape index (κ3) is 3.74. The van der Waals surface area contributed by atoms with Gasteiger partial charge in [-0.25, -0.2) is 0 Å². The molecule has 2 nitrogen and oxygen atoms in total. The molecule has 0 saturated carbocycles. The first-order chi connectivity index (χ1) is 8.75. The van der Waals surface area contributed by atoms with Gasteiger partial charge in [0, 0.05) is 30.9 Å². The quantitative estimate of drug-likeness (QED) is 0.829. The lowest BCUT2D eigenvalue weighted by molar-refractivity contribution is 0.598. The Morgan fingerprint density at radius 2 is 1.89 bits per heavy atom. The van der Waals surface area contributed by atoms with Crippen molar-refractivity contribution in [3.05, 3.63) is 59.9 Å². The number of rotatable bonds is 6. The van der Waals surface area contributed by atoms with Crippen LogP contribution in [0.3, 0.4) is 0 Å². The Morgan fingerprint density at radius 1 is 1.11 bits per heavy atom. The minimum Gasteiger partial charge on any atom is -0.351 e. The van der Waals surface area contributed by atoms with Crippen LogP contribution in [0.5, 0.6) is 0 Å². The summed E-state index contributed by atoms with van der Waals surface area (Å²) in [5.41, 5.74) is 8.62. The Morgan fingerprint density at radius 3 is 2.61 bits per heavy atom. The minimum atomic E-state index is 0.229. The van der Waals surface area contributed by atoms with Gasteiger partial charge < -0.3 is 10.3 Å². The molecule has 0 amide bonds. The Labute approximate surface area is 109 Å². The summed E-state index contributed by atoms with van der Waals surface area (Å²) < 4.78 is 2.33. The Kier molecular flexibility index (Phi) is 4.59. The zero-order valence-corrected chi connectivity index (χ0v) is 11.0. The average molecular weight is 242 g/mol. The van der Waals surface area contributed by atoms with Crippen molar-refractivity contribution in [2.24, 2.45) is 5.73 Å². The Hall–Kier alpha value is -1.54. The van der Waals surface area contributed by atoms with Crippen LogP contribution in [0.25, 0.3) is 0 Å². The highest BCUT2D eigenvalue weighted by Crippen LogP contribution is 2.08. The summed E-state index contributed by atoms with van der Waals surface area (Å²) in [5, 5.41) is 0. The highest BCUT2D eigenvalue weighted by Gasteiger charge is 2.03. The van der Waals surface area contributed by atoms with Gasteiger partial charge in [0.05, 0.1) is 0 Å². The lowest BCUT2D eigenvalue weighted by Gasteiger charge is -2.11. The molecule has 1 unspecified atom stereocenters. The molecular formula is C16H22N2. The van der Waals surface area contributed by atoms with Gasteiger partial charge in [-0.15, -0.1) is 0 Å². The smallest absolute Gasteiger partial charge is 0.0225 e.